The van der Waals surface area contributed by atoms with Gasteiger partial charge < -0.3 is 0 Å². The lowest BCUT2D eigenvalue weighted by molar-refractivity contribution is 1.07. The number of rotatable bonds is 5. The van der Waals surface area contributed by atoms with Gasteiger partial charge in [0.2, 0.25) is 0 Å². The van der Waals surface area contributed by atoms with Crippen LogP contribution in [-0.4, -0.2) is 18.3 Å². The molecule has 9 heavy (non-hydrogen) atoms. The van der Waals surface area contributed by atoms with E-state index in [0.717, 1.165) is 0 Å². The fourth-order valence-electron chi connectivity index (χ4n) is 0.640. The van der Waals surface area contributed by atoms with Crippen molar-refractivity contribution in [2.45, 2.75) is 44.6 Å². The van der Waals surface area contributed by atoms with E-state index in [1.807, 2.05) is 0 Å². The number of hydrogen-bond acceptors (Lipinski definition) is 0. The molecule has 53 valence electrons. The quantitative estimate of drug-likeness (QED) is 0.425. The first-order valence-electron chi connectivity index (χ1n) is 3.77. The van der Waals surface area contributed by atoms with Crippen LogP contribution in [0.3, 0.4) is 0 Å². The molecule has 0 unspecified atom stereocenters. The lowest BCUT2D eigenvalue weighted by Crippen LogP contribution is -2.00. The van der Waals surface area contributed by atoms with Crippen LogP contribution < -0.4 is 0 Å². The molecule has 2 heteroatoms. The molecule has 0 bridgehead atoms. The van der Waals surface area contributed by atoms with E-state index in [4.69, 9.17) is 0 Å². The first-order valence-corrected chi connectivity index (χ1v) is 7.89. The Morgan fingerprint density at radius 3 is 2.33 bits per heavy atom. The van der Waals surface area contributed by atoms with Crippen LogP contribution in [0.1, 0.15) is 13.3 Å². The van der Waals surface area contributed by atoms with Crippen LogP contribution in [0, 0.1) is 0 Å². The average molecular weight is 157 g/mol. The minimum absolute atomic E-state index is 0.0918. The molecular weight excluding hydrogens is 140 g/mol. The highest BCUT2D eigenvalue weighted by molar-refractivity contribution is 6.57. The summed E-state index contributed by atoms with van der Waals surface area (Å²) in [7, 11) is 1.34. The van der Waals surface area contributed by atoms with Crippen molar-refractivity contribution >= 4 is 18.3 Å². The normalized spacial score (nSPS) is 10.7. The maximum atomic E-state index is 2.40. The van der Waals surface area contributed by atoms with Crippen molar-refractivity contribution < 1.29 is 0 Å². The van der Waals surface area contributed by atoms with Crippen LogP contribution in [0.2, 0.25) is 31.2 Å². The third-order valence-electron chi connectivity index (χ3n) is 1.23. The SMILES string of the molecule is CCC[Si]CC[Si](C)C. The molecule has 0 rings (SSSR count). The third-order valence-corrected chi connectivity index (χ3v) is 4.44. The topological polar surface area (TPSA) is 0 Å². The van der Waals surface area contributed by atoms with Crippen LogP contribution in [0.4, 0.5) is 0 Å². The van der Waals surface area contributed by atoms with E-state index in [2.05, 4.69) is 20.0 Å². The molecule has 0 aliphatic heterocycles. The molecule has 0 nitrogen and oxygen atoms in total. The Bertz CT molecular complexity index is 52.9. The molecule has 0 N–H and O–H groups in total. The van der Waals surface area contributed by atoms with E-state index in [1.165, 1.54) is 34.1 Å². The lowest BCUT2D eigenvalue weighted by Gasteiger charge is -1.99. The second-order valence-electron chi connectivity index (χ2n) is 2.71. The van der Waals surface area contributed by atoms with Gasteiger partial charge in [-0.05, 0) is 0 Å². The Labute approximate surface area is 63.5 Å². The third kappa shape index (κ3) is 8.43. The molecule has 0 amide bonds. The second-order valence-corrected chi connectivity index (χ2v) is 7.12. The van der Waals surface area contributed by atoms with Gasteiger partial charge in [-0.25, -0.2) is 0 Å². The lowest BCUT2D eigenvalue weighted by atomic mass is 10.6. The first kappa shape index (κ1) is 9.43. The van der Waals surface area contributed by atoms with Gasteiger partial charge in [-0.15, -0.1) is 0 Å². The van der Waals surface area contributed by atoms with Crippen molar-refractivity contribution in [1.82, 2.24) is 0 Å². The Kier molecular flexibility index (Phi) is 6.87. The van der Waals surface area contributed by atoms with Gasteiger partial charge in [-0.1, -0.05) is 44.6 Å². The van der Waals surface area contributed by atoms with Gasteiger partial charge in [0.15, 0.2) is 0 Å². The molecule has 0 saturated carbocycles. The van der Waals surface area contributed by atoms with Gasteiger partial charge in [-0.2, -0.15) is 0 Å². The average Bonchev–Trinajstić information content (AvgIpc) is 1.80. The summed E-state index contributed by atoms with van der Waals surface area (Å²) in [6.07, 6.45) is 1.38. The monoisotopic (exact) mass is 157 g/mol. The van der Waals surface area contributed by atoms with Crippen LogP contribution >= 0.6 is 0 Å². The standard InChI is InChI=1S/C7H17Si2/c1-4-5-8-6-7-9(2)3/h4-7H2,1-3H3. The Morgan fingerprint density at radius 1 is 1.22 bits per heavy atom. The van der Waals surface area contributed by atoms with E-state index in [-0.39, 0.29) is 8.80 Å². The molecule has 0 saturated heterocycles. The highest BCUT2D eigenvalue weighted by atomic mass is 28.3. The molecule has 0 aromatic heterocycles. The smallest absolute Gasteiger partial charge is 0.0409 e. The molecule has 0 aromatic carbocycles. The highest BCUT2D eigenvalue weighted by Gasteiger charge is 1.94. The summed E-state index contributed by atoms with van der Waals surface area (Å²) in [4.78, 5) is 0. The van der Waals surface area contributed by atoms with Crippen LogP contribution in [0.5, 0.6) is 0 Å². The maximum Gasteiger partial charge on any atom is 0.0409 e. The summed E-state index contributed by atoms with van der Waals surface area (Å²) >= 11 is 0. The summed E-state index contributed by atoms with van der Waals surface area (Å²) in [6.45, 7) is 7.08. The molecular formula is C7H17Si2. The van der Waals surface area contributed by atoms with E-state index in [1.54, 1.807) is 0 Å². The predicted molar refractivity (Wildman–Crippen MR) is 47.9 cm³/mol. The molecule has 0 fully saturated rings. The Hall–Kier alpha value is 0.434. The fraction of sp³-hybridized carbons (Fsp3) is 1.00. The number of hydrogen-bond donors (Lipinski definition) is 0. The molecule has 0 aliphatic carbocycles. The zero-order chi connectivity index (χ0) is 7.11. The van der Waals surface area contributed by atoms with Crippen molar-refractivity contribution in [2.24, 2.45) is 0 Å². The van der Waals surface area contributed by atoms with Crippen molar-refractivity contribution in [3.63, 3.8) is 0 Å². The predicted octanol–water partition coefficient (Wildman–Crippen LogP) is 2.69. The van der Waals surface area contributed by atoms with Gasteiger partial charge >= 0.3 is 0 Å². The van der Waals surface area contributed by atoms with Crippen LogP contribution in [0.15, 0.2) is 0 Å². The van der Waals surface area contributed by atoms with E-state index < -0.39 is 0 Å². The largest absolute Gasteiger partial charge is 0.0713 e. The molecule has 3 radical (unpaired) electrons. The Morgan fingerprint density at radius 2 is 1.89 bits per heavy atom. The highest BCUT2D eigenvalue weighted by Crippen LogP contribution is 1.99. The van der Waals surface area contributed by atoms with Gasteiger partial charge in [0.25, 0.3) is 0 Å². The van der Waals surface area contributed by atoms with Gasteiger partial charge in [-0.3, -0.25) is 0 Å². The fourth-order valence-corrected chi connectivity index (χ4v) is 3.95. The van der Waals surface area contributed by atoms with Crippen molar-refractivity contribution in [3.05, 3.63) is 0 Å². The van der Waals surface area contributed by atoms with Crippen LogP contribution in [-0.2, 0) is 0 Å². The second kappa shape index (κ2) is 6.55. The van der Waals surface area contributed by atoms with E-state index >= 15 is 0 Å². The summed E-state index contributed by atoms with van der Waals surface area (Å²) in [6, 6.07) is 4.51. The van der Waals surface area contributed by atoms with Crippen molar-refractivity contribution in [2.75, 3.05) is 0 Å². The molecule has 0 aliphatic rings. The van der Waals surface area contributed by atoms with Crippen molar-refractivity contribution in [3.8, 4) is 0 Å². The molecule has 0 aromatic rings. The molecule has 0 spiro atoms. The summed E-state index contributed by atoms with van der Waals surface area (Å²) in [5.74, 6) is 0. The molecule has 0 atom stereocenters. The van der Waals surface area contributed by atoms with Gasteiger partial charge in [0, 0.05) is 18.3 Å². The minimum Gasteiger partial charge on any atom is -0.0713 e. The Balaban J connectivity index is 2.75. The summed E-state index contributed by atoms with van der Waals surface area (Å²) < 4.78 is 0. The van der Waals surface area contributed by atoms with Gasteiger partial charge in [0.05, 0.1) is 0 Å². The van der Waals surface area contributed by atoms with Crippen LogP contribution in [0.25, 0.3) is 0 Å². The van der Waals surface area contributed by atoms with E-state index in [9.17, 15) is 0 Å². The zero-order valence-electron chi connectivity index (χ0n) is 6.83. The summed E-state index contributed by atoms with van der Waals surface area (Å²) in [5.41, 5.74) is 0. The molecule has 0 heterocycles. The zero-order valence-corrected chi connectivity index (χ0v) is 8.83. The first-order chi connectivity index (χ1) is 4.27. The summed E-state index contributed by atoms with van der Waals surface area (Å²) in [5, 5.41) is 0. The minimum atomic E-state index is 0.0918. The maximum absolute atomic E-state index is 2.40. The van der Waals surface area contributed by atoms with Crippen molar-refractivity contribution in [1.29, 1.82) is 0 Å². The van der Waals surface area contributed by atoms with E-state index in [0.29, 0.717) is 0 Å². The van der Waals surface area contributed by atoms with Gasteiger partial charge in [0.1, 0.15) is 0 Å².